The van der Waals surface area contributed by atoms with Crippen molar-refractivity contribution in [1.82, 2.24) is 5.32 Å². The second-order valence-corrected chi connectivity index (χ2v) is 4.81. The predicted molar refractivity (Wildman–Crippen MR) is 63.7 cm³/mol. The quantitative estimate of drug-likeness (QED) is 0.819. The van der Waals surface area contributed by atoms with E-state index in [2.05, 4.69) is 50.4 Å². The molecule has 0 spiro atoms. The largest absolute Gasteiger partial charge is 0.380 e. The van der Waals surface area contributed by atoms with E-state index in [1.165, 1.54) is 11.1 Å². The lowest BCUT2D eigenvalue weighted by Crippen LogP contribution is -2.35. The average Bonchev–Trinajstić information content (AvgIpc) is 2.16. The zero-order chi connectivity index (χ0) is 11.3. The van der Waals surface area contributed by atoms with E-state index in [9.17, 15) is 0 Å². The molecule has 0 atom stereocenters. The maximum atomic E-state index is 5.17. The van der Waals surface area contributed by atoms with E-state index >= 15 is 0 Å². The van der Waals surface area contributed by atoms with Gasteiger partial charge in [0.05, 0.1) is 6.61 Å². The van der Waals surface area contributed by atoms with Gasteiger partial charge in [-0.25, -0.2) is 0 Å². The van der Waals surface area contributed by atoms with E-state index < -0.39 is 0 Å². The molecule has 0 bridgehead atoms. The van der Waals surface area contributed by atoms with Gasteiger partial charge in [0.1, 0.15) is 0 Å². The third-order valence-corrected chi connectivity index (χ3v) is 2.23. The summed E-state index contributed by atoms with van der Waals surface area (Å²) in [5.74, 6) is 0. The lowest BCUT2D eigenvalue weighted by atomic mass is 10.1. The molecular weight excluding hydrogens is 186 g/mol. The molecule has 0 unspecified atom stereocenters. The normalized spacial score (nSPS) is 11.7. The average molecular weight is 207 g/mol. The lowest BCUT2D eigenvalue weighted by molar-refractivity contribution is 0.184. The molecular formula is C13H21NO. The minimum atomic E-state index is 0.153. The van der Waals surface area contributed by atoms with Crippen LogP contribution < -0.4 is 5.32 Å². The van der Waals surface area contributed by atoms with Gasteiger partial charge in [0.2, 0.25) is 0 Å². The Labute approximate surface area is 92.6 Å². The third-order valence-electron chi connectivity index (χ3n) is 2.23. The van der Waals surface area contributed by atoms with Crippen LogP contribution in [0.25, 0.3) is 0 Å². The van der Waals surface area contributed by atoms with Crippen molar-refractivity contribution in [2.24, 2.45) is 0 Å². The van der Waals surface area contributed by atoms with Crippen molar-refractivity contribution in [2.45, 2.75) is 39.5 Å². The first kappa shape index (κ1) is 12.2. The van der Waals surface area contributed by atoms with E-state index in [1.54, 1.807) is 7.11 Å². The second-order valence-electron chi connectivity index (χ2n) is 4.81. The fourth-order valence-corrected chi connectivity index (χ4v) is 1.39. The molecule has 1 N–H and O–H groups in total. The summed E-state index contributed by atoms with van der Waals surface area (Å²) in [6.45, 7) is 8.09. The number of hydrogen-bond acceptors (Lipinski definition) is 2. The monoisotopic (exact) mass is 207 g/mol. The highest BCUT2D eigenvalue weighted by Gasteiger charge is 2.09. The first-order valence-corrected chi connectivity index (χ1v) is 5.33. The summed E-state index contributed by atoms with van der Waals surface area (Å²) >= 11 is 0. The van der Waals surface area contributed by atoms with Crippen LogP contribution in [0, 0.1) is 0 Å². The van der Waals surface area contributed by atoms with Gasteiger partial charge in [-0.3, -0.25) is 0 Å². The maximum Gasteiger partial charge on any atom is 0.0716 e. The third kappa shape index (κ3) is 4.45. The van der Waals surface area contributed by atoms with Gasteiger partial charge in [-0.2, -0.15) is 0 Å². The molecule has 0 heterocycles. The van der Waals surface area contributed by atoms with Crippen molar-refractivity contribution >= 4 is 0 Å². The Morgan fingerprint density at radius 2 is 1.73 bits per heavy atom. The molecule has 0 radical (unpaired) electrons. The highest BCUT2D eigenvalue weighted by atomic mass is 16.5. The summed E-state index contributed by atoms with van der Waals surface area (Å²) in [5.41, 5.74) is 2.73. The number of benzene rings is 1. The number of methoxy groups -OCH3 is 1. The van der Waals surface area contributed by atoms with Gasteiger partial charge in [-0.05, 0) is 31.9 Å². The van der Waals surface area contributed by atoms with Crippen LogP contribution in [0.15, 0.2) is 24.3 Å². The zero-order valence-electron chi connectivity index (χ0n) is 10.1. The molecule has 1 aromatic rings. The van der Waals surface area contributed by atoms with Crippen LogP contribution in [-0.2, 0) is 17.9 Å². The van der Waals surface area contributed by atoms with Crippen molar-refractivity contribution in [1.29, 1.82) is 0 Å². The number of rotatable bonds is 4. The lowest BCUT2D eigenvalue weighted by Gasteiger charge is -2.21. The summed E-state index contributed by atoms with van der Waals surface area (Å²) in [6, 6.07) is 8.38. The Morgan fingerprint density at radius 1 is 1.13 bits per heavy atom. The van der Waals surface area contributed by atoms with Crippen molar-refractivity contribution in [2.75, 3.05) is 7.11 Å². The summed E-state index contributed by atoms with van der Waals surface area (Å²) < 4.78 is 5.17. The van der Waals surface area contributed by atoms with E-state index in [4.69, 9.17) is 4.74 Å². The van der Waals surface area contributed by atoms with Gasteiger partial charge in [0.15, 0.2) is 0 Å². The minimum absolute atomic E-state index is 0.153. The van der Waals surface area contributed by atoms with Crippen molar-refractivity contribution in [3.8, 4) is 0 Å². The number of nitrogens with one attached hydrogen (secondary N) is 1. The fraction of sp³-hybridized carbons (Fsp3) is 0.538. The Kier molecular flexibility index (Phi) is 4.30. The van der Waals surface area contributed by atoms with E-state index in [0.29, 0.717) is 6.61 Å². The van der Waals surface area contributed by atoms with Crippen LogP contribution in [0.3, 0.4) is 0 Å². The molecule has 0 aliphatic rings. The van der Waals surface area contributed by atoms with Gasteiger partial charge < -0.3 is 10.1 Å². The van der Waals surface area contributed by atoms with Crippen LogP contribution in [-0.4, -0.2) is 12.6 Å². The first-order valence-electron chi connectivity index (χ1n) is 5.33. The molecule has 0 saturated carbocycles. The van der Waals surface area contributed by atoms with Crippen molar-refractivity contribution < 1.29 is 4.74 Å². The van der Waals surface area contributed by atoms with Gasteiger partial charge in [-0.1, -0.05) is 24.3 Å². The molecule has 15 heavy (non-hydrogen) atoms. The second kappa shape index (κ2) is 5.29. The molecule has 0 aliphatic carbocycles. The first-order chi connectivity index (χ1) is 7.03. The minimum Gasteiger partial charge on any atom is -0.380 e. The fourth-order valence-electron chi connectivity index (χ4n) is 1.39. The summed E-state index contributed by atoms with van der Waals surface area (Å²) in [7, 11) is 1.73. The topological polar surface area (TPSA) is 21.3 Å². The van der Waals surface area contributed by atoms with Gasteiger partial charge in [-0.15, -0.1) is 0 Å². The Morgan fingerprint density at radius 3 is 2.27 bits per heavy atom. The molecule has 0 saturated heterocycles. The summed E-state index contributed by atoms with van der Waals surface area (Å²) in [5, 5.41) is 3.48. The van der Waals surface area contributed by atoms with Crippen LogP contribution >= 0.6 is 0 Å². The Hall–Kier alpha value is -0.860. The van der Waals surface area contributed by atoms with Gasteiger partial charge in [0.25, 0.3) is 0 Å². The Balaban J connectivity index is 2.67. The molecule has 2 heteroatoms. The Bertz CT molecular complexity index is 302. The number of hydrogen-bond donors (Lipinski definition) is 1. The predicted octanol–water partition coefficient (Wildman–Crippen LogP) is 2.72. The summed E-state index contributed by atoms with van der Waals surface area (Å²) in [6.07, 6.45) is 0. The molecule has 0 amide bonds. The van der Waals surface area contributed by atoms with Gasteiger partial charge in [0, 0.05) is 19.2 Å². The smallest absolute Gasteiger partial charge is 0.0716 e. The molecule has 84 valence electrons. The maximum absolute atomic E-state index is 5.17. The van der Waals surface area contributed by atoms with E-state index in [-0.39, 0.29) is 5.54 Å². The molecule has 1 aromatic carbocycles. The zero-order valence-corrected chi connectivity index (χ0v) is 10.1. The molecule has 0 aliphatic heterocycles. The van der Waals surface area contributed by atoms with Crippen LogP contribution in [0.5, 0.6) is 0 Å². The molecule has 1 rings (SSSR count). The van der Waals surface area contributed by atoms with Crippen LogP contribution in [0.1, 0.15) is 31.9 Å². The van der Waals surface area contributed by atoms with Crippen molar-refractivity contribution in [3.05, 3.63) is 35.4 Å². The molecule has 2 nitrogen and oxygen atoms in total. The SMILES string of the molecule is COCc1ccccc1CNC(C)(C)C. The van der Waals surface area contributed by atoms with Crippen LogP contribution in [0.4, 0.5) is 0 Å². The van der Waals surface area contributed by atoms with Crippen LogP contribution in [0.2, 0.25) is 0 Å². The summed E-state index contributed by atoms with van der Waals surface area (Å²) in [4.78, 5) is 0. The highest BCUT2D eigenvalue weighted by Crippen LogP contribution is 2.11. The van der Waals surface area contributed by atoms with Crippen molar-refractivity contribution in [3.63, 3.8) is 0 Å². The molecule has 0 aromatic heterocycles. The highest BCUT2D eigenvalue weighted by molar-refractivity contribution is 5.26. The van der Waals surface area contributed by atoms with E-state index in [1.807, 2.05) is 0 Å². The standard InChI is InChI=1S/C13H21NO/c1-13(2,3)14-9-11-7-5-6-8-12(11)10-15-4/h5-8,14H,9-10H2,1-4H3. The number of ether oxygens (including phenoxy) is 1. The van der Waals surface area contributed by atoms with E-state index in [0.717, 1.165) is 6.54 Å². The molecule has 0 fully saturated rings. The van der Waals surface area contributed by atoms with Gasteiger partial charge >= 0.3 is 0 Å².